The van der Waals surface area contributed by atoms with E-state index < -0.39 is 0 Å². The molecule has 0 aromatic carbocycles. The summed E-state index contributed by atoms with van der Waals surface area (Å²) in [7, 11) is 0. The number of aryl methyl sites for hydroxylation is 2. The number of fused-ring (bicyclic) bond motifs is 2. The van der Waals surface area contributed by atoms with Gasteiger partial charge in [0.2, 0.25) is 5.91 Å². The number of hydrogen-bond acceptors (Lipinski definition) is 3. The van der Waals surface area contributed by atoms with E-state index in [1.54, 1.807) is 0 Å². The van der Waals surface area contributed by atoms with E-state index in [4.69, 9.17) is 0 Å². The van der Waals surface area contributed by atoms with Crippen molar-refractivity contribution in [3.63, 3.8) is 0 Å². The molecule has 0 spiro atoms. The highest BCUT2D eigenvalue weighted by atomic mass is 16.2. The van der Waals surface area contributed by atoms with Crippen molar-refractivity contribution in [2.45, 2.75) is 39.8 Å². The number of aromatic nitrogens is 2. The monoisotopic (exact) mass is 347 g/mol. The number of allylic oxidation sites excluding steroid dienone is 2. The van der Waals surface area contributed by atoms with Crippen LogP contribution < -0.4 is 0 Å². The van der Waals surface area contributed by atoms with E-state index >= 15 is 0 Å². The zero-order valence-electron chi connectivity index (χ0n) is 15.4. The van der Waals surface area contributed by atoms with Gasteiger partial charge >= 0.3 is 0 Å². The first kappa shape index (κ1) is 17.0. The minimum atomic E-state index is 0.111. The van der Waals surface area contributed by atoms with Crippen LogP contribution in [0.5, 0.6) is 0 Å². The van der Waals surface area contributed by atoms with Crippen molar-refractivity contribution in [2.24, 2.45) is 17.8 Å². The fourth-order valence-electron chi connectivity index (χ4n) is 4.28. The molecule has 2 aromatic rings. The zero-order chi connectivity index (χ0) is 18.1. The van der Waals surface area contributed by atoms with Gasteiger partial charge < -0.3 is 4.90 Å². The highest BCUT2D eigenvalue weighted by molar-refractivity contribution is 5.80. The molecule has 2 aromatic heterocycles. The van der Waals surface area contributed by atoms with Gasteiger partial charge in [-0.1, -0.05) is 24.3 Å². The van der Waals surface area contributed by atoms with Crippen LogP contribution in [0.3, 0.4) is 0 Å². The van der Waals surface area contributed by atoms with Crippen molar-refractivity contribution in [2.75, 3.05) is 0 Å². The van der Waals surface area contributed by atoms with Crippen LogP contribution >= 0.6 is 0 Å². The molecule has 0 aliphatic heterocycles. The smallest absolute Gasteiger partial charge is 0.227 e. The van der Waals surface area contributed by atoms with E-state index in [0.717, 1.165) is 35.6 Å². The van der Waals surface area contributed by atoms with Crippen LogP contribution in [-0.2, 0) is 17.9 Å². The third-order valence-corrected chi connectivity index (χ3v) is 5.51. The molecule has 0 saturated heterocycles. The van der Waals surface area contributed by atoms with Crippen LogP contribution in [0, 0.1) is 31.6 Å². The summed E-state index contributed by atoms with van der Waals surface area (Å²) in [4.78, 5) is 24.5. The lowest BCUT2D eigenvalue weighted by molar-refractivity contribution is -0.137. The van der Waals surface area contributed by atoms with Crippen LogP contribution in [0.15, 0.2) is 48.6 Å². The molecule has 1 saturated carbocycles. The average Bonchev–Trinajstić information content (AvgIpc) is 3.24. The van der Waals surface area contributed by atoms with E-state index in [2.05, 4.69) is 22.1 Å². The first-order valence-corrected chi connectivity index (χ1v) is 9.40. The van der Waals surface area contributed by atoms with Gasteiger partial charge in [-0.3, -0.25) is 14.8 Å². The molecule has 1 fully saturated rings. The van der Waals surface area contributed by atoms with Gasteiger partial charge in [0.05, 0.1) is 24.5 Å². The van der Waals surface area contributed by atoms with Crippen molar-refractivity contribution in [3.8, 4) is 0 Å². The maximum Gasteiger partial charge on any atom is 0.227 e. The number of rotatable bonds is 5. The normalized spacial score (nSPS) is 23.4. The largest absolute Gasteiger partial charge is 0.331 e. The Morgan fingerprint density at radius 1 is 0.962 bits per heavy atom. The molecule has 134 valence electrons. The van der Waals surface area contributed by atoms with Crippen molar-refractivity contribution in [1.82, 2.24) is 14.9 Å². The second kappa shape index (κ2) is 7.02. The minimum Gasteiger partial charge on any atom is -0.331 e. The highest BCUT2D eigenvalue weighted by Crippen LogP contribution is 2.44. The van der Waals surface area contributed by atoms with E-state index in [-0.39, 0.29) is 11.8 Å². The molecule has 26 heavy (non-hydrogen) atoms. The molecule has 2 heterocycles. The van der Waals surface area contributed by atoms with Gasteiger partial charge in [-0.2, -0.15) is 0 Å². The second-order valence-electron chi connectivity index (χ2n) is 7.62. The minimum absolute atomic E-state index is 0.111. The molecule has 3 unspecified atom stereocenters. The molecule has 1 amide bonds. The fourth-order valence-corrected chi connectivity index (χ4v) is 4.28. The first-order chi connectivity index (χ1) is 12.6. The Labute approximate surface area is 155 Å². The molecule has 4 nitrogen and oxygen atoms in total. The summed E-state index contributed by atoms with van der Waals surface area (Å²) in [5.74, 6) is 1.35. The van der Waals surface area contributed by atoms with Gasteiger partial charge in [-0.05, 0) is 62.8 Å². The lowest BCUT2D eigenvalue weighted by Gasteiger charge is -2.28. The second-order valence-corrected chi connectivity index (χ2v) is 7.62. The number of carbonyl (C=O) groups is 1. The Hall–Kier alpha value is -2.49. The Morgan fingerprint density at radius 3 is 2.04 bits per heavy atom. The van der Waals surface area contributed by atoms with Crippen molar-refractivity contribution >= 4 is 5.91 Å². The molecular formula is C22H25N3O. The molecule has 2 aliphatic carbocycles. The van der Waals surface area contributed by atoms with E-state index in [9.17, 15) is 4.79 Å². The van der Waals surface area contributed by atoms with Gasteiger partial charge in [-0.15, -0.1) is 0 Å². The zero-order valence-corrected chi connectivity index (χ0v) is 15.4. The van der Waals surface area contributed by atoms with Crippen molar-refractivity contribution < 1.29 is 4.79 Å². The molecule has 3 atom stereocenters. The summed E-state index contributed by atoms with van der Waals surface area (Å²) >= 11 is 0. The average molecular weight is 347 g/mol. The quantitative estimate of drug-likeness (QED) is 0.772. The van der Waals surface area contributed by atoms with E-state index in [0.29, 0.717) is 24.9 Å². The summed E-state index contributed by atoms with van der Waals surface area (Å²) in [5, 5.41) is 0. The van der Waals surface area contributed by atoms with E-state index in [1.165, 1.54) is 0 Å². The molecular weight excluding hydrogens is 322 g/mol. The number of carbonyl (C=O) groups excluding carboxylic acids is 1. The molecule has 4 rings (SSSR count). The van der Waals surface area contributed by atoms with Crippen LogP contribution in [0.2, 0.25) is 0 Å². The third kappa shape index (κ3) is 3.55. The van der Waals surface area contributed by atoms with Crippen molar-refractivity contribution in [1.29, 1.82) is 0 Å². The molecule has 2 bridgehead atoms. The number of nitrogens with zero attached hydrogens (tertiary/aromatic N) is 3. The SMILES string of the molecule is Cc1cccc(CN(Cc2cccc(C)n2)C(=O)C2CC3C=CC2C3)n1. The van der Waals surface area contributed by atoms with Crippen LogP contribution in [-0.4, -0.2) is 20.8 Å². The standard InChI is InChI=1S/C22H25N3O/c1-15-5-3-7-19(23-15)13-25(14-20-8-4-6-16(2)24-20)22(26)21-12-17-9-10-18(21)11-17/h3-10,17-18,21H,11-14H2,1-2H3. The van der Waals surface area contributed by atoms with Crippen LogP contribution in [0.25, 0.3) is 0 Å². The highest BCUT2D eigenvalue weighted by Gasteiger charge is 2.41. The third-order valence-electron chi connectivity index (χ3n) is 5.51. The molecule has 4 heteroatoms. The van der Waals surface area contributed by atoms with Gasteiger partial charge in [0.1, 0.15) is 0 Å². The predicted octanol–water partition coefficient (Wildman–Crippen LogP) is 3.83. The predicted molar refractivity (Wildman–Crippen MR) is 101 cm³/mol. The van der Waals surface area contributed by atoms with Gasteiger partial charge in [0, 0.05) is 17.3 Å². The topological polar surface area (TPSA) is 46.1 Å². The van der Waals surface area contributed by atoms with Gasteiger partial charge in [-0.25, -0.2) is 0 Å². The molecule has 2 aliphatic rings. The number of hydrogen-bond donors (Lipinski definition) is 0. The summed E-state index contributed by atoms with van der Waals surface area (Å²) in [6.45, 7) is 5.04. The van der Waals surface area contributed by atoms with E-state index in [1.807, 2.05) is 55.1 Å². The van der Waals surface area contributed by atoms with Gasteiger partial charge in [0.15, 0.2) is 0 Å². The van der Waals surface area contributed by atoms with Crippen molar-refractivity contribution in [3.05, 3.63) is 71.3 Å². The van der Waals surface area contributed by atoms with Gasteiger partial charge in [0.25, 0.3) is 0 Å². The number of amides is 1. The molecule has 0 radical (unpaired) electrons. The first-order valence-electron chi connectivity index (χ1n) is 9.40. The lowest BCUT2D eigenvalue weighted by Crippen LogP contribution is -2.37. The maximum atomic E-state index is 13.4. The molecule has 0 N–H and O–H groups in total. The van der Waals surface area contributed by atoms with Crippen LogP contribution in [0.4, 0.5) is 0 Å². The Bertz CT molecular complexity index is 797. The fraction of sp³-hybridized carbons (Fsp3) is 0.409. The summed E-state index contributed by atoms with van der Waals surface area (Å²) in [6, 6.07) is 12.0. The maximum absolute atomic E-state index is 13.4. The summed E-state index contributed by atoms with van der Waals surface area (Å²) < 4.78 is 0. The Kier molecular flexibility index (Phi) is 4.58. The summed E-state index contributed by atoms with van der Waals surface area (Å²) in [6.07, 6.45) is 6.64. The number of pyridine rings is 2. The lowest BCUT2D eigenvalue weighted by atomic mass is 9.92. The van der Waals surface area contributed by atoms with Crippen LogP contribution in [0.1, 0.15) is 35.6 Å². The summed E-state index contributed by atoms with van der Waals surface area (Å²) in [5.41, 5.74) is 3.83. The Balaban J connectivity index is 1.58. The Morgan fingerprint density at radius 2 is 1.58 bits per heavy atom.